The molecule has 0 aliphatic heterocycles. The summed E-state index contributed by atoms with van der Waals surface area (Å²) in [5, 5.41) is 3.64. The summed E-state index contributed by atoms with van der Waals surface area (Å²) in [6.07, 6.45) is 6.98. The molecular formula is C21H26ClN3O2. The molecule has 2 aromatic rings. The standard InChI is InChI=1S/C21H26ClN3O2/c1-2-3-4-8-19-24-18(15-9-11-16(22)12-10-15)13-21(27)25(19)14-20(26)23-17-6-5-7-17/h9-13,17H,2-8,14H2,1H3,(H,23,26). The molecule has 0 bridgehead atoms. The van der Waals surface area contributed by atoms with E-state index in [0.29, 0.717) is 23.0 Å². The van der Waals surface area contributed by atoms with Crippen LogP contribution < -0.4 is 10.9 Å². The van der Waals surface area contributed by atoms with Gasteiger partial charge in [0.15, 0.2) is 0 Å². The van der Waals surface area contributed by atoms with Crippen LogP contribution >= 0.6 is 11.6 Å². The fourth-order valence-corrected chi connectivity index (χ4v) is 3.31. The Morgan fingerprint density at radius 3 is 2.63 bits per heavy atom. The van der Waals surface area contributed by atoms with Crippen LogP contribution in [0.25, 0.3) is 11.3 Å². The molecule has 0 spiro atoms. The molecular weight excluding hydrogens is 362 g/mol. The number of aromatic nitrogens is 2. The van der Waals surface area contributed by atoms with Crippen LogP contribution in [0.3, 0.4) is 0 Å². The van der Waals surface area contributed by atoms with Crippen molar-refractivity contribution in [2.45, 2.75) is 64.5 Å². The zero-order valence-corrected chi connectivity index (χ0v) is 16.5. The number of rotatable bonds is 8. The van der Waals surface area contributed by atoms with Gasteiger partial charge in [-0.1, -0.05) is 43.5 Å². The van der Waals surface area contributed by atoms with Crippen molar-refractivity contribution in [3.63, 3.8) is 0 Å². The Balaban J connectivity index is 1.86. The van der Waals surface area contributed by atoms with Crippen molar-refractivity contribution in [2.75, 3.05) is 0 Å². The Morgan fingerprint density at radius 2 is 2.00 bits per heavy atom. The number of hydrogen-bond donors (Lipinski definition) is 1. The van der Waals surface area contributed by atoms with E-state index in [-0.39, 0.29) is 24.1 Å². The van der Waals surface area contributed by atoms with E-state index >= 15 is 0 Å². The molecule has 1 aromatic carbocycles. The lowest BCUT2D eigenvalue weighted by Crippen LogP contribution is -2.42. The zero-order valence-electron chi connectivity index (χ0n) is 15.7. The van der Waals surface area contributed by atoms with Crippen molar-refractivity contribution in [3.05, 3.63) is 51.5 Å². The molecule has 1 N–H and O–H groups in total. The van der Waals surface area contributed by atoms with Gasteiger partial charge in [-0.2, -0.15) is 0 Å². The maximum Gasteiger partial charge on any atom is 0.254 e. The summed E-state index contributed by atoms with van der Waals surface area (Å²) < 4.78 is 1.52. The maximum absolute atomic E-state index is 12.8. The van der Waals surface area contributed by atoms with Crippen molar-refractivity contribution in [3.8, 4) is 11.3 Å². The van der Waals surface area contributed by atoms with E-state index in [2.05, 4.69) is 12.2 Å². The largest absolute Gasteiger partial charge is 0.352 e. The lowest BCUT2D eigenvalue weighted by Gasteiger charge is -2.26. The number of carbonyl (C=O) groups is 1. The minimum Gasteiger partial charge on any atom is -0.352 e. The van der Waals surface area contributed by atoms with Crippen LogP contribution in [0, 0.1) is 0 Å². The van der Waals surface area contributed by atoms with Gasteiger partial charge < -0.3 is 5.32 Å². The van der Waals surface area contributed by atoms with Gasteiger partial charge in [0.25, 0.3) is 5.56 Å². The summed E-state index contributed by atoms with van der Waals surface area (Å²) in [7, 11) is 0. The predicted octanol–water partition coefficient (Wildman–Crippen LogP) is 3.97. The molecule has 144 valence electrons. The normalized spacial score (nSPS) is 14.0. The second kappa shape index (κ2) is 9.18. The van der Waals surface area contributed by atoms with Crippen molar-refractivity contribution >= 4 is 17.5 Å². The minimum atomic E-state index is -0.190. The highest BCUT2D eigenvalue weighted by molar-refractivity contribution is 6.30. The van der Waals surface area contributed by atoms with Gasteiger partial charge in [0.1, 0.15) is 12.4 Å². The van der Waals surface area contributed by atoms with E-state index in [4.69, 9.17) is 16.6 Å². The predicted molar refractivity (Wildman–Crippen MR) is 108 cm³/mol. The van der Waals surface area contributed by atoms with Crippen LogP contribution in [0.5, 0.6) is 0 Å². The Morgan fingerprint density at radius 1 is 1.26 bits per heavy atom. The number of nitrogens with one attached hydrogen (secondary N) is 1. The van der Waals surface area contributed by atoms with E-state index in [9.17, 15) is 9.59 Å². The van der Waals surface area contributed by atoms with E-state index in [1.165, 1.54) is 10.6 Å². The molecule has 1 fully saturated rings. The first-order chi connectivity index (χ1) is 13.1. The molecule has 27 heavy (non-hydrogen) atoms. The first kappa shape index (κ1) is 19.6. The number of amides is 1. The Labute approximate surface area is 164 Å². The van der Waals surface area contributed by atoms with Gasteiger partial charge in [-0.25, -0.2) is 4.98 Å². The molecule has 6 heteroatoms. The molecule has 3 rings (SSSR count). The van der Waals surface area contributed by atoms with E-state index < -0.39 is 0 Å². The van der Waals surface area contributed by atoms with E-state index in [1.54, 1.807) is 12.1 Å². The smallest absolute Gasteiger partial charge is 0.254 e. The van der Waals surface area contributed by atoms with Crippen LogP contribution in [0.2, 0.25) is 5.02 Å². The summed E-state index contributed by atoms with van der Waals surface area (Å²) in [6, 6.07) is 9.04. The number of benzene rings is 1. The summed E-state index contributed by atoms with van der Waals surface area (Å²) in [5.74, 6) is 0.559. The van der Waals surface area contributed by atoms with Gasteiger partial charge >= 0.3 is 0 Å². The van der Waals surface area contributed by atoms with Crippen molar-refractivity contribution in [1.82, 2.24) is 14.9 Å². The van der Waals surface area contributed by atoms with Crippen molar-refractivity contribution in [2.24, 2.45) is 0 Å². The summed E-state index contributed by atoms with van der Waals surface area (Å²) in [5.41, 5.74) is 1.28. The number of nitrogens with zero attached hydrogens (tertiary/aromatic N) is 2. The van der Waals surface area contributed by atoms with E-state index in [1.807, 2.05) is 12.1 Å². The first-order valence-electron chi connectivity index (χ1n) is 9.73. The second-order valence-corrected chi connectivity index (χ2v) is 7.58. The number of hydrogen-bond acceptors (Lipinski definition) is 3. The second-order valence-electron chi connectivity index (χ2n) is 7.14. The monoisotopic (exact) mass is 387 g/mol. The SMILES string of the molecule is CCCCCc1nc(-c2ccc(Cl)cc2)cc(=O)n1CC(=O)NC1CCC1. The fourth-order valence-electron chi connectivity index (χ4n) is 3.18. The van der Waals surface area contributed by atoms with Gasteiger partial charge in [-0.05, 0) is 37.8 Å². The van der Waals surface area contributed by atoms with Crippen molar-refractivity contribution in [1.29, 1.82) is 0 Å². The Bertz CT molecular complexity index is 841. The van der Waals surface area contributed by atoms with Crippen LogP contribution in [0.1, 0.15) is 51.3 Å². The lowest BCUT2D eigenvalue weighted by molar-refractivity contribution is -0.123. The first-order valence-corrected chi connectivity index (χ1v) is 10.1. The van der Waals surface area contributed by atoms with Crippen LogP contribution in [0.15, 0.2) is 35.1 Å². The third kappa shape index (κ3) is 5.19. The topological polar surface area (TPSA) is 64.0 Å². The lowest BCUT2D eigenvalue weighted by atomic mass is 9.93. The third-order valence-corrected chi connectivity index (χ3v) is 5.26. The molecule has 1 heterocycles. The summed E-state index contributed by atoms with van der Waals surface area (Å²) >= 11 is 5.96. The number of unbranched alkanes of at least 4 members (excludes halogenated alkanes) is 2. The third-order valence-electron chi connectivity index (χ3n) is 5.00. The molecule has 0 radical (unpaired) electrons. The highest BCUT2D eigenvalue weighted by Crippen LogP contribution is 2.20. The van der Waals surface area contributed by atoms with E-state index in [0.717, 1.165) is 44.1 Å². The molecule has 1 aliphatic carbocycles. The van der Waals surface area contributed by atoms with Crippen molar-refractivity contribution < 1.29 is 4.79 Å². The maximum atomic E-state index is 12.8. The Hall–Kier alpha value is -2.14. The van der Waals surface area contributed by atoms with Crippen LogP contribution in [-0.4, -0.2) is 21.5 Å². The molecule has 1 aromatic heterocycles. The fraction of sp³-hybridized carbons (Fsp3) is 0.476. The minimum absolute atomic E-state index is 0.0324. The average Bonchev–Trinajstić information content (AvgIpc) is 2.61. The molecule has 5 nitrogen and oxygen atoms in total. The van der Waals surface area contributed by atoms with Gasteiger partial charge in [0.05, 0.1) is 5.69 Å². The van der Waals surface area contributed by atoms with Crippen LogP contribution in [-0.2, 0) is 17.8 Å². The summed E-state index contributed by atoms with van der Waals surface area (Å²) in [6.45, 7) is 2.17. The Kier molecular flexibility index (Phi) is 6.67. The van der Waals surface area contributed by atoms with Gasteiger partial charge in [0.2, 0.25) is 5.91 Å². The van der Waals surface area contributed by atoms with Gasteiger partial charge in [-0.3, -0.25) is 14.2 Å². The number of aryl methyl sites for hydroxylation is 1. The number of halogens is 1. The highest BCUT2D eigenvalue weighted by Gasteiger charge is 2.20. The van der Waals surface area contributed by atoms with Gasteiger partial charge in [-0.15, -0.1) is 0 Å². The quantitative estimate of drug-likeness (QED) is 0.697. The molecule has 1 saturated carbocycles. The highest BCUT2D eigenvalue weighted by atomic mass is 35.5. The zero-order chi connectivity index (χ0) is 19.2. The summed E-state index contributed by atoms with van der Waals surface area (Å²) in [4.78, 5) is 29.8. The molecule has 1 amide bonds. The van der Waals surface area contributed by atoms with Crippen LogP contribution in [0.4, 0.5) is 0 Å². The molecule has 0 unspecified atom stereocenters. The molecule has 0 saturated heterocycles. The number of carbonyl (C=O) groups excluding carboxylic acids is 1. The molecule has 1 aliphatic rings. The molecule has 0 atom stereocenters. The average molecular weight is 388 g/mol. The van der Waals surface area contributed by atoms with Gasteiger partial charge in [0, 0.05) is 29.1 Å².